The number of halogens is 2. The summed E-state index contributed by atoms with van der Waals surface area (Å²) in [5.74, 6) is 0.701. The van der Waals surface area contributed by atoms with Gasteiger partial charge in [-0.3, -0.25) is 4.79 Å². The number of carbonyl (C=O) groups is 1. The normalized spacial score (nSPS) is 14.1. The second kappa shape index (κ2) is 8.63. The Morgan fingerprint density at radius 2 is 1.66 bits per heavy atom. The van der Waals surface area contributed by atoms with Gasteiger partial charge in [-0.15, -0.1) is 10.2 Å². The quantitative estimate of drug-likeness (QED) is 0.370. The number of piperazine rings is 1. The van der Waals surface area contributed by atoms with Gasteiger partial charge in [0.25, 0.3) is 5.91 Å². The summed E-state index contributed by atoms with van der Waals surface area (Å²) in [6.07, 6.45) is 0. The second-order valence-corrected chi connectivity index (χ2v) is 8.79. The molecule has 1 aliphatic rings. The van der Waals surface area contributed by atoms with Crippen LogP contribution in [0.25, 0.3) is 27.9 Å². The van der Waals surface area contributed by atoms with E-state index >= 15 is 0 Å². The zero-order valence-corrected chi connectivity index (χ0v) is 19.4. The lowest BCUT2D eigenvalue weighted by molar-refractivity contribution is 0.0745. The molecule has 9 heteroatoms. The van der Waals surface area contributed by atoms with E-state index in [2.05, 4.69) is 15.1 Å². The number of aromatic nitrogens is 4. The van der Waals surface area contributed by atoms with Crippen LogP contribution in [-0.2, 0) is 0 Å². The lowest BCUT2D eigenvalue weighted by atomic mass is 10.1. The molecule has 0 aliphatic carbocycles. The molecular formula is C26H20ClFN6O. The van der Waals surface area contributed by atoms with Gasteiger partial charge < -0.3 is 9.80 Å². The molecular weight excluding hydrogens is 467 g/mol. The third-order valence-electron chi connectivity index (χ3n) is 6.26. The summed E-state index contributed by atoms with van der Waals surface area (Å²) in [5.41, 5.74) is 2.62. The van der Waals surface area contributed by atoms with E-state index in [-0.39, 0.29) is 5.91 Å². The second-order valence-electron chi connectivity index (χ2n) is 8.38. The molecule has 7 nitrogen and oxygen atoms in total. The van der Waals surface area contributed by atoms with Gasteiger partial charge in [0, 0.05) is 42.7 Å². The maximum absolute atomic E-state index is 13.6. The van der Waals surface area contributed by atoms with Crippen molar-refractivity contribution in [3.63, 3.8) is 0 Å². The zero-order chi connectivity index (χ0) is 23.9. The lowest BCUT2D eigenvalue weighted by Crippen LogP contribution is -2.49. The largest absolute Gasteiger partial charge is 0.338 e. The van der Waals surface area contributed by atoms with Crippen molar-refractivity contribution in [3.8, 4) is 11.4 Å². The molecule has 0 spiro atoms. The molecule has 5 aromatic rings. The van der Waals surface area contributed by atoms with Crippen LogP contribution in [0, 0.1) is 5.82 Å². The third-order valence-corrected chi connectivity index (χ3v) is 6.59. The molecule has 35 heavy (non-hydrogen) atoms. The van der Waals surface area contributed by atoms with Crippen molar-refractivity contribution in [1.82, 2.24) is 24.5 Å². The van der Waals surface area contributed by atoms with Crippen molar-refractivity contribution in [1.29, 1.82) is 0 Å². The van der Waals surface area contributed by atoms with Crippen LogP contribution >= 0.6 is 11.6 Å². The molecule has 0 unspecified atom stereocenters. The summed E-state index contributed by atoms with van der Waals surface area (Å²) in [5, 5.41) is 10.4. The van der Waals surface area contributed by atoms with E-state index in [0.717, 1.165) is 16.5 Å². The maximum atomic E-state index is 13.6. The van der Waals surface area contributed by atoms with E-state index in [1.807, 2.05) is 52.9 Å². The molecule has 3 aromatic carbocycles. The van der Waals surface area contributed by atoms with E-state index in [4.69, 9.17) is 16.6 Å². The van der Waals surface area contributed by atoms with Crippen molar-refractivity contribution in [2.75, 3.05) is 31.1 Å². The van der Waals surface area contributed by atoms with Gasteiger partial charge in [-0.1, -0.05) is 41.9 Å². The average Bonchev–Trinajstić information content (AvgIpc) is 3.33. The number of rotatable bonds is 3. The molecule has 2 aromatic heterocycles. The molecule has 1 saturated heterocycles. The number of fused-ring (bicyclic) bond motifs is 3. The number of amides is 1. The summed E-state index contributed by atoms with van der Waals surface area (Å²) < 4.78 is 15.6. The summed E-state index contributed by atoms with van der Waals surface area (Å²) in [4.78, 5) is 21.7. The minimum Gasteiger partial charge on any atom is -0.338 e. The molecule has 0 radical (unpaired) electrons. The average molecular weight is 487 g/mol. The minimum absolute atomic E-state index is 0.179. The summed E-state index contributed by atoms with van der Waals surface area (Å²) in [6.45, 7) is 2.08. The first kappa shape index (κ1) is 21.5. The molecule has 1 amide bonds. The van der Waals surface area contributed by atoms with Crippen LogP contribution in [0.5, 0.6) is 0 Å². The van der Waals surface area contributed by atoms with Crippen LogP contribution < -0.4 is 4.90 Å². The highest BCUT2D eigenvalue weighted by Gasteiger charge is 2.27. The van der Waals surface area contributed by atoms with Crippen molar-refractivity contribution >= 4 is 40.0 Å². The van der Waals surface area contributed by atoms with Gasteiger partial charge in [-0.25, -0.2) is 13.8 Å². The van der Waals surface area contributed by atoms with Crippen LogP contribution in [-0.4, -0.2) is 56.6 Å². The fourth-order valence-electron chi connectivity index (χ4n) is 4.51. The number of carbonyl (C=O) groups excluding carboxylic acids is 1. The Labute approximate surface area is 205 Å². The Hall–Kier alpha value is -4.04. The molecule has 1 aliphatic heterocycles. The first-order chi connectivity index (χ1) is 17.1. The predicted molar refractivity (Wildman–Crippen MR) is 133 cm³/mol. The Morgan fingerprint density at radius 1 is 0.886 bits per heavy atom. The first-order valence-electron chi connectivity index (χ1n) is 11.3. The first-order valence-corrected chi connectivity index (χ1v) is 11.7. The highest BCUT2D eigenvalue weighted by Crippen LogP contribution is 2.32. The number of anilines is 1. The van der Waals surface area contributed by atoms with E-state index in [1.165, 1.54) is 12.1 Å². The topological polar surface area (TPSA) is 66.6 Å². The smallest absolute Gasteiger partial charge is 0.254 e. The van der Waals surface area contributed by atoms with Gasteiger partial charge in [-0.05, 0) is 42.5 Å². The highest BCUT2D eigenvalue weighted by atomic mass is 35.5. The molecule has 174 valence electrons. The highest BCUT2D eigenvalue weighted by molar-refractivity contribution is 6.33. The zero-order valence-electron chi connectivity index (χ0n) is 18.6. The predicted octanol–water partition coefficient (Wildman–Crippen LogP) is 4.70. The van der Waals surface area contributed by atoms with Crippen LogP contribution in [0.1, 0.15) is 10.4 Å². The Balaban J connectivity index is 1.39. The molecule has 6 rings (SSSR count). The monoisotopic (exact) mass is 486 g/mol. The number of nitrogens with zero attached hydrogens (tertiary/aromatic N) is 6. The minimum atomic E-state index is -0.419. The Morgan fingerprint density at radius 3 is 2.46 bits per heavy atom. The molecule has 0 bridgehead atoms. The standard InChI is InChI=1S/C26H20ClFN6O/c27-21-10-3-1-8-19(21)23-30-31-24-20-9-2-4-11-22(20)29-26(34(23)24)33-14-12-32(13-15-33)25(35)17-6-5-7-18(28)16-17/h1-11,16H,12-15H2. The summed E-state index contributed by atoms with van der Waals surface area (Å²) in [7, 11) is 0. The Kier molecular flexibility index (Phi) is 5.30. The lowest BCUT2D eigenvalue weighted by Gasteiger charge is -2.35. The maximum Gasteiger partial charge on any atom is 0.254 e. The van der Waals surface area contributed by atoms with Crippen LogP contribution in [0.15, 0.2) is 72.8 Å². The molecule has 3 heterocycles. The van der Waals surface area contributed by atoms with E-state index in [1.54, 1.807) is 17.0 Å². The fraction of sp³-hybridized carbons (Fsp3) is 0.154. The summed E-state index contributed by atoms with van der Waals surface area (Å²) >= 11 is 6.51. The van der Waals surface area contributed by atoms with Gasteiger partial charge in [-0.2, -0.15) is 0 Å². The molecule has 0 atom stereocenters. The third kappa shape index (κ3) is 3.76. The van der Waals surface area contributed by atoms with Crippen LogP contribution in [0.2, 0.25) is 5.02 Å². The number of hydrogen-bond donors (Lipinski definition) is 0. The van der Waals surface area contributed by atoms with Gasteiger partial charge in [0.2, 0.25) is 5.95 Å². The number of hydrogen-bond acceptors (Lipinski definition) is 5. The van der Waals surface area contributed by atoms with E-state index < -0.39 is 5.82 Å². The van der Waals surface area contributed by atoms with Gasteiger partial charge >= 0.3 is 0 Å². The van der Waals surface area contributed by atoms with Crippen molar-refractivity contribution in [2.24, 2.45) is 0 Å². The number of para-hydroxylation sites is 1. The van der Waals surface area contributed by atoms with Crippen molar-refractivity contribution in [3.05, 3.63) is 89.2 Å². The van der Waals surface area contributed by atoms with Crippen LogP contribution in [0.3, 0.4) is 0 Å². The van der Waals surface area contributed by atoms with Gasteiger partial charge in [0.1, 0.15) is 5.82 Å². The van der Waals surface area contributed by atoms with Crippen LogP contribution in [0.4, 0.5) is 10.3 Å². The van der Waals surface area contributed by atoms with Gasteiger partial charge in [0.05, 0.1) is 10.5 Å². The Bertz CT molecular complexity index is 1580. The summed E-state index contributed by atoms with van der Waals surface area (Å²) in [6, 6.07) is 21.1. The van der Waals surface area contributed by atoms with E-state index in [0.29, 0.717) is 54.2 Å². The fourth-order valence-corrected chi connectivity index (χ4v) is 4.73. The van der Waals surface area contributed by atoms with Gasteiger partial charge in [0.15, 0.2) is 11.5 Å². The SMILES string of the molecule is O=C(c1cccc(F)c1)N1CCN(c2nc3ccccc3c3nnc(-c4ccccc4Cl)n23)CC1. The number of benzene rings is 3. The molecule has 0 N–H and O–H groups in total. The van der Waals surface area contributed by atoms with Crippen molar-refractivity contribution in [2.45, 2.75) is 0 Å². The van der Waals surface area contributed by atoms with Crippen molar-refractivity contribution < 1.29 is 9.18 Å². The molecule has 0 saturated carbocycles. The molecule has 1 fully saturated rings. The van der Waals surface area contributed by atoms with E-state index in [9.17, 15) is 9.18 Å².